The van der Waals surface area contributed by atoms with E-state index in [1.807, 2.05) is 37.3 Å². The fourth-order valence-electron chi connectivity index (χ4n) is 5.19. The highest BCUT2D eigenvalue weighted by atomic mass is 16.5. The molecule has 7 heteroatoms. The zero-order valence-electron chi connectivity index (χ0n) is 25.7. The average Bonchev–Trinajstić information content (AvgIpc) is 3.18. The molecule has 1 aliphatic heterocycles. The molecule has 220 valence electrons. The van der Waals surface area contributed by atoms with Crippen molar-refractivity contribution in [1.82, 2.24) is 0 Å². The minimum Gasteiger partial charge on any atom is -0.507 e. The predicted octanol–water partition coefficient (Wildman–Crippen LogP) is 7.27. The van der Waals surface area contributed by atoms with Gasteiger partial charge in [0.25, 0.3) is 11.7 Å². The number of nitrogens with one attached hydrogen (secondary N) is 1. The number of nitrogens with zero attached hydrogens (tertiary/aromatic N) is 1. The van der Waals surface area contributed by atoms with E-state index < -0.39 is 17.7 Å². The zero-order valence-corrected chi connectivity index (χ0v) is 25.7. The largest absolute Gasteiger partial charge is 0.507 e. The highest BCUT2D eigenvalue weighted by molar-refractivity contribution is 6.51. The quantitative estimate of drug-likeness (QED) is 0.185. The van der Waals surface area contributed by atoms with Gasteiger partial charge < -0.3 is 15.2 Å². The first kappa shape index (κ1) is 30.6. The van der Waals surface area contributed by atoms with Gasteiger partial charge >= 0.3 is 0 Å². The number of carbonyl (C=O) groups excluding carboxylic acids is 3. The summed E-state index contributed by atoms with van der Waals surface area (Å²) in [7, 11) is 0. The molecule has 0 saturated carbocycles. The maximum absolute atomic E-state index is 13.7. The lowest BCUT2D eigenvalue weighted by atomic mass is 9.84. The summed E-state index contributed by atoms with van der Waals surface area (Å²) in [6, 6.07) is 19.0. The van der Waals surface area contributed by atoms with Gasteiger partial charge in [0.1, 0.15) is 11.5 Å². The number of hydrogen-bond acceptors (Lipinski definition) is 5. The molecule has 4 rings (SSSR count). The Hall–Kier alpha value is -4.39. The molecule has 0 aromatic heterocycles. The summed E-state index contributed by atoms with van der Waals surface area (Å²) in [5.74, 6) is -1.27. The molecule has 1 fully saturated rings. The fraction of sp³-hybridized carbons (Fsp3) is 0.343. The SMILES string of the molecule is CCOc1ccc(/C(O)=C2/C(=O)C(=O)N(c3ccc(NC(C)=O)cc3)C2c2ccc(C(C)(C)C)cc2)cc1C(C)(C)C. The van der Waals surface area contributed by atoms with Crippen LogP contribution in [0, 0.1) is 0 Å². The molecular formula is C35H40N2O5. The van der Waals surface area contributed by atoms with Crippen LogP contribution in [0.25, 0.3) is 5.76 Å². The molecule has 1 aliphatic rings. The number of ketones is 1. The van der Waals surface area contributed by atoms with E-state index in [-0.39, 0.29) is 28.1 Å². The summed E-state index contributed by atoms with van der Waals surface area (Å²) in [6.45, 7) is 16.3. The maximum Gasteiger partial charge on any atom is 0.300 e. The summed E-state index contributed by atoms with van der Waals surface area (Å²) in [5.41, 5.74) is 3.76. The monoisotopic (exact) mass is 568 g/mol. The number of aliphatic hydroxyl groups is 1. The number of amides is 2. The lowest BCUT2D eigenvalue weighted by Crippen LogP contribution is -2.29. The third-order valence-corrected chi connectivity index (χ3v) is 7.36. The van der Waals surface area contributed by atoms with E-state index in [9.17, 15) is 19.5 Å². The van der Waals surface area contributed by atoms with Gasteiger partial charge in [-0.2, -0.15) is 0 Å². The van der Waals surface area contributed by atoms with Crippen molar-refractivity contribution in [2.75, 3.05) is 16.8 Å². The average molecular weight is 569 g/mol. The zero-order chi connectivity index (χ0) is 31.0. The van der Waals surface area contributed by atoms with E-state index in [2.05, 4.69) is 46.9 Å². The van der Waals surface area contributed by atoms with Crippen LogP contribution >= 0.6 is 0 Å². The number of Topliss-reactive ketones (excluding diaryl/α,β-unsaturated/α-hetero) is 1. The third kappa shape index (κ3) is 6.10. The van der Waals surface area contributed by atoms with Crippen LogP contribution < -0.4 is 15.0 Å². The van der Waals surface area contributed by atoms with Crippen LogP contribution in [0.15, 0.2) is 72.3 Å². The number of rotatable bonds is 6. The van der Waals surface area contributed by atoms with Crippen molar-refractivity contribution < 1.29 is 24.2 Å². The molecule has 1 unspecified atom stereocenters. The Labute approximate surface area is 248 Å². The molecule has 1 atom stereocenters. The fourth-order valence-corrected chi connectivity index (χ4v) is 5.19. The van der Waals surface area contributed by atoms with Crippen molar-refractivity contribution in [3.05, 3.63) is 94.6 Å². The molecule has 0 bridgehead atoms. The highest BCUT2D eigenvalue weighted by Gasteiger charge is 2.47. The third-order valence-electron chi connectivity index (χ3n) is 7.36. The minimum absolute atomic E-state index is 0.0125. The minimum atomic E-state index is -0.865. The Morgan fingerprint density at radius 1 is 0.905 bits per heavy atom. The van der Waals surface area contributed by atoms with Crippen LogP contribution in [-0.4, -0.2) is 29.3 Å². The van der Waals surface area contributed by atoms with Gasteiger partial charge in [0.15, 0.2) is 0 Å². The molecule has 2 N–H and O–H groups in total. The van der Waals surface area contributed by atoms with Crippen LogP contribution in [0.5, 0.6) is 5.75 Å². The summed E-state index contributed by atoms with van der Waals surface area (Å²) in [6.07, 6.45) is 0. The second-order valence-corrected chi connectivity index (χ2v) is 12.7. The Morgan fingerprint density at radius 3 is 2.05 bits per heavy atom. The number of ether oxygens (including phenoxy) is 1. The Bertz CT molecular complexity index is 1540. The molecule has 2 amide bonds. The maximum atomic E-state index is 13.7. The van der Waals surface area contributed by atoms with Crippen LogP contribution in [0.1, 0.15) is 83.7 Å². The second-order valence-electron chi connectivity index (χ2n) is 12.7. The first-order valence-corrected chi connectivity index (χ1v) is 14.2. The van der Waals surface area contributed by atoms with Crippen molar-refractivity contribution >= 4 is 34.7 Å². The van der Waals surface area contributed by atoms with Crippen molar-refractivity contribution in [1.29, 1.82) is 0 Å². The lowest BCUT2D eigenvalue weighted by Gasteiger charge is -2.27. The van der Waals surface area contributed by atoms with Crippen LogP contribution in [0.3, 0.4) is 0 Å². The van der Waals surface area contributed by atoms with E-state index in [0.29, 0.717) is 34.9 Å². The molecule has 0 radical (unpaired) electrons. The standard InChI is InChI=1S/C35H40N2O5/c1-9-42-28-19-12-23(20-27(28)35(6,7)8)31(39)29-30(22-10-13-24(14-11-22)34(3,4)5)37(33(41)32(29)40)26-17-15-25(16-18-26)36-21(2)38/h10-20,30,39H,9H2,1-8H3,(H,36,38)/b31-29-. The molecule has 1 heterocycles. The van der Waals surface area contributed by atoms with Crippen molar-refractivity contribution in [3.63, 3.8) is 0 Å². The van der Waals surface area contributed by atoms with E-state index in [0.717, 1.165) is 11.1 Å². The number of carbonyl (C=O) groups is 3. The van der Waals surface area contributed by atoms with E-state index in [1.54, 1.807) is 36.4 Å². The Balaban J connectivity index is 1.92. The number of hydrogen-bond donors (Lipinski definition) is 2. The normalized spacial score (nSPS) is 17.0. The van der Waals surface area contributed by atoms with Gasteiger partial charge in [-0.3, -0.25) is 19.3 Å². The molecule has 42 heavy (non-hydrogen) atoms. The lowest BCUT2D eigenvalue weighted by molar-refractivity contribution is -0.132. The molecule has 7 nitrogen and oxygen atoms in total. The van der Waals surface area contributed by atoms with Crippen LogP contribution in [-0.2, 0) is 25.2 Å². The number of benzene rings is 3. The van der Waals surface area contributed by atoms with Crippen LogP contribution in [0.4, 0.5) is 11.4 Å². The van der Waals surface area contributed by atoms with Gasteiger partial charge in [-0.05, 0) is 71.3 Å². The molecule has 3 aromatic carbocycles. The second kappa shape index (κ2) is 11.5. The summed E-state index contributed by atoms with van der Waals surface area (Å²) in [4.78, 5) is 40.2. The van der Waals surface area contributed by atoms with Gasteiger partial charge in [0.2, 0.25) is 5.91 Å². The van der Waals surface area contributed by atoms with Crippen molar-refractivity contribution in [2.24, 2.45) is 0 Å². The van der Waals surface area contributed by atoms with Gasteiger partial charge in [-0.15, -0.1) is 0 Å². The molecule has 1 saturated heterocycles. The first-order valence-electron chi connectivity index (χ1n) is 14.2. The van der Waals surface area contributed by atoms with E-state index in [4.69, 9.17) is 4.74 Å². The van der Waals surface area contributed by atoms with Crippen molar-refractivity contribution in [3.8, 4) is 5.75 Å². The summed E-state index contributed by atoms with van der Waals surface area (Å²) in [5, 5.41) is 14.5. The van der Waals surface area contributed by atoms with Crippen molar-refractivity contribution in [2.45, 2.75) is 72.3 Å². The molecule has 3 aromatic rings. The summed E-state index contributed by atoms with van der Waals surface area (Å²) < 4.78 is 5.85. The summed E-state index contributed by atoms with van der Waals surface area (Å²) >= 11 is 0. The van der Waals surface area contributed by atoms with Gasteiger partial charge in [0.05, 0.1) is 18.2 Å². The smallest absolute Gasteiger partial charge is 0.300 e. The first-order chi connectivity index (χ1) is 19.6. The Morgan fingerprint density at radius 2 is 1.52 bits per heavy atom. The van der Waals surface area contributed by atoms with Crippen LogP contribution in [0.2, 0.25) is 0 Å². The predicted molar refractivity (Wildman–Crippen MR) is 167 cm³/mol. The topological polar surface area (TPSA) is 95.9 Å². The number of aliphatic hydroxyl groups excluding tert-OH is 1. The highest BCUT2D eigenvalue weighted by Crippen LogP contribution is 2.44. The molecule has 0 aliphatic carbocycles. The number of anilines is 2. The Kier molecular flexibility index (Phi) is 8.35. The van der Waals surface area contributed by atoms with E-state index >= 15 is 0 Å². The van der Waals surface area contributed by atoms with E-state index in [1.165, 1.54) is 11.8 Å². The van der Waals surface area contributed by atoms with Gasteiger partial charge in [-0.25, -0.2) is 0 Å². The van der Waals surface area contributed by atoms with Gasteiger partial charge in [0, 0.05) is 29.4 Å². The van der Waals surface area contributed by atoms with Gasteiger partial charge in [-0.1, -0.05) is 65.8 Å². The molecule has 0 spiro atoms. The molecular weight excluding hydrogens is 528 g/mol.